The van der Waals surface area contributed by atoms with Crippen LogP contribution in [0.25, 0.3) is 0 Å². The molecule has 1 aliphatic heterocycles. The normalized spacial score (nSPS) is 15.5. The van der Waals surface area contributed by atoms with Crippen LogP contribution in [0.3, 0.4) is 0 Å². The first-order chi connectivity index (χ1) is 9.72. The Bertz CT molecular complexity index is 582. The van der Waals surface area contributed by atoms with Crippen LogP contribution in [-0.2, 0) is 0 Å². The number of benzene rings is 1. The Hall–Kier alpha value is -1.33. The zero-order chi connectivity index (χ0) is 13.9. The highest BCUT2D eigenvalue weighted by atomic mass is 79.9. The van der Waals surface area contributed by atoms with Gasteiger partial charge in [0.2, 0.25) is 0 Å². The number of rotatable bonds is 2. The third-order valence-corrected chi connectivity index (χ3v) is 4.10. The van der Waals surface area contributed by atoms with E-state index in [0.29, 0.717) is 0 Å². The Morgan fingerprint density at radius 2 is 1.60 bits per heavy atom. The van der Waals surface area contributed by atoms with Gasteiger partial charge in [-0.1, -0.05) is 11.6 Å². The van der Waals surface area contributed by atoms with E-state index in [1.165, 1.54) is 5.69 Å². The standard InChI is InChI=1S/C14H14BrClN4/c15-13-9-14(18-10-17-13)20-7-5-19(6-8-20)12-3-1-11(16)2-4-12/h1-4,9-10H,5-8H2. The molecule has 0 radical (unpaired) electrons. The molecule has 4 nitrogen and oxygen atoms in total. The number of aromatic nitrogens is 2. The largest absolute Gasteiger partial charge is 0.368 e. The van der Waals surface area contributed by atoms with Crippen molar-refractivity contribution >= 4 is 39.0 Å². The summed E-state index contributed by atoms with van der Waals surface area (Å²) in [7, 11) is 0. The second-order valence-electron chi connectivity index (χ2n) is 4.65. The van der Waals surface area contributed by atoms with Crippen LogP contribution >= 0.6 is 27.5 Å². The van der Waals surface area contributed by atoms with Crippen molar-refractivity contribution in [2.75, 3.05) is 36.0 Å². The molecule has 2 heterocycles. The first-order valence-electron chi connectivity index (χ1n) is 6.45. The van der Waals surface area contributed by atoms with Gasteiger partial charge in [0.15, 0.2) is 0 Å². The lowest BCUT2D eigenvalue weighted by atomic mass is 10.2. The molecule has 1 aromatic heterocycles. The van der Waals surface area contributed by atoms with Crippen molar-refractivity contribution in [1.82, 2.24) is 9.97 Å². The minimum atomic E-state index is 0.776. The fraction of sp³-hybridized carbons (Fsp3) is 0.286. The molecule has 0 bridgehead atoms. The minimum absolute atomic E-state index is 0.776. The number of halogens is 2. The van der Waals surface area contributed by atoms with E-state index in [9.17, 15) is 0 Å². The smallest absolute Gasteiger partial charge is 0.133 e. The van der Waals surface area contributed by atoms with Gasteiger partial charge in [0.1, 0.15) is 16.7 Å². The molecule has 20 heavy (non-hydrogen) atoms. The second-order valence-corrected chi connectivity index (χ2v) is 5.90. The minimum Gasteiger partial charge on any atom is -0.368 e. The molecule has 104 valence electrons. The van der Waals surface area contributed by atoms with Crippen LogP contribution in [0, 0.1) is 0 Å². The summed E-state index contributed by atoms with van der Waals surface area (Å²) in [5.41, 5.74) is 1.22. The molecule has 0 unspecified atom stereocenters. The Kier molecular flexibility index (Phi) is 4.08. The predicted molar refractivity (Wildman–Crippen MR) is 85.6 cm³/mol. The molecule has 1 aliphatic rings. The Morgan fingerprint density at radius 3 is 2.25 bits per heavy atom. The highest BCUT2D eigenvalue weighted by molar-refractivity contribution is 9.10. The monoisotopic (exact) mass is 352 g/mol. The fourth-order valence-electron chi connectivity index (χ4n) is 2.34. The summed E-state index contributed by atoms with van der Waals surface area (Å²) in [6.45, 7) is 3.85. The molecule has 1 aromatic carbocycles. The predicted octanol–water partition coefficient (Wildman–Crippen LogP) is 3.22. The molecular formula is C14H14BrClN4. The number of piperazine rings is 1. The maximum absolute atomic E-state index is 5.92. The molecule has 6 heteroatoms. The highest BCUT2D eigenvalue weighted by Crippen LogP contribution is 2.21. The fourth-order valence-corrected chi connectivity index (χ4v) is 2.77. The summed E-state index contributed by atoms with van der Waals surface area (Å²) in [6, 6.07) is 9.96. The summed E-state index contributed by atoms with van der Waals surface area (Å²) in [5, 5.41) is 0.776. The average molecular weight is 354 g/mol. The van der Waals surface area contributed by atoms with Crippen LogP contribution in [-0.4, -0.2) is 36.1 Å². The lowest BCUT2D eigenvalue weighted by Gasteiger charge is -2.36. The van der Waals surface area contributed by atoms with E-state index in [1.807, 2.05) is 18.2 Å². The van der Waals surface area contributed by atoms with Crippen molar-refractivity contribution in [1.29, 1.82) is 0 Å². The van der Waals surface area contributed by atoms with Crippen molar-refractivity contribution in [2.45, 2.75) is 0 Å². The Labute approximate surface area is 131 Å². The van der Waals surface area contributed by atoms with Gasteiger partial charge in [-0.15, -0.1) is 0 Å². The van der Waals surface area contributed by atoms with Gasteiger partial charge >= 0.3 is 0 Å². The molecule has 0 N–H and O–H groups in total. The lowest BCUT2D eigenvalue weighted by molar-refractivity contribution is 0.646. The van der Waals surface area contributed by atoms with Crippen LogP contribution < -0.4 is 9.80 Å². The van der Waals surface area contributed by atoms with Crippen LogP contribution in [0.1, 0.15) is 0 Å². The molecule has 0 amide bonds. The van der Waals surface area contributed by atoms with Gasteiger partial charge in [-0.3, -0.25) is 0 Å². The third kappa shape index (κ3) is 3.04. The van der Waals surface area contributed by atoms with E-state index < -0.39 is 0 Å². The molecule has 1 fully saturated rings. The van der Waals surface area contributed by atoms with Crippen molar-refractivity contribution < 1.29 is 0 Å². The lowest BCUT2D eigenvalue weighted by Crippen LogP contribution is -2.46. The van der Waals surface area contributed by atoms with Crippen LogP contribution in [0.4, 0.5) is 11.5 Å². The first kappa shape index (κ1) is 13.6. The first-order valence-corrected chi connectivity index (χ1v) is 7.62. The SMILES string of the molecule is Clc1ccc(N2CCN(c3cc(Br)ncn3)CC2)cc1. The number of anilines is 2. The number of hydrogen-bond acceptors (Lipinski definition) is 4. The summed E-state index contributed by atoms with van der Waals surface area (Å²) in [5.74, 6) is 0.975. The van der Waals surface area contributed by atoms with Crippen molar-refractivity contribution in [3.05, 3.63) is 46.3 Å². The van der Waals surface area contributed by atoms with E-state index in [2.05, 4.69) is 47.8 Å². The van der Waals surface area contributed by atoms with Crippen LogP contribution in [0.15, 0.2) is 41.3 Å². The van der Waals surface area contributed by atoms with E-state index in [0.717, 1.165) is 41.6 Å². The Morgan fingerprint density at radius 1 is 0.950 bits per heavy atom. The molecule has 0 aliphatic carbocycles. The van der Waals surface area contributed by atoms with Gasteiger partial charge in [0.25, 0.3) is 0 Å². The quantitative estimate of drug-likeness (QED) is 0.776. The summed E-state index contributed by atoms with van der Waals surface area (Å²) in [6.07, 6.45) is 1.59. The topological polar surface area (TPSA) is 32.3 Å². The van der Waals surface area contributed by atoms with Gasteiger partial charge in [-0.05, 0) is 40.2 Å². The van der Waals surface area contributed by atoms with E-state index in [1.54, 1.807) is 6.33 Å². The van der Waals surface area contributed by atoms with Crippen molar-refractivity contribution in [2.24, 2.45) is 0 Å². The average Bonchev–Trinajstić information content (AvgIpc) is 2.48. The highest BCUT2D eigenvalue weighted by Gasteiger charge is 2.18. The summed E-state index contributed by atoms with van der Waals surface area (Å²) >= 11 is 9.31. The molecule has 0 saturated carbocycles. The molecule has 0 spiro atoms. The zero-order valence-electron chi connectivity index (χ0n) is 10.8. The second kappa shape index (κ2) is 5.97. The van der Waals surface area contributed by atoms with Gasteiger partial charge < -0.3 is 9.80 Å². The van der Waals surface area contributed by atoms with Gasteiger partial charge in [-0.2, -0.15) is 0 Å². The number of hydrogen-bond donors (Lipinski definition) is 0. The van der Waals surface area contributed by atoms with E-state index in [-0.39, 0.29) is 0 Å². The zero-order valence-corrected chi connectivity index (χ0v) is 13.2. The molecule has 0 atom stereocenters. The number of nitrogens with zero attached hydrogens (tertiary/aromatic N) is 4. The maximum Gasteiger partial charge on any atom is 0.133 e. The van der Waals surface area contributed by atoms with E-state index >= 15 is 0 Å². The van der Waals surface area contributed by atoms with Gasteiger partial charge in [0.05, 0.1) is 0 Å². The summed E-state index contributed by atoms with van der Waals surface area (Å²) < 4.78 is 0.822. The van der Waals surface area contributed by atoms with Crippen LogP contribution in [0.2, 0.25) is 5.02 Å². The third-order valence-electron chi connectivity index (χ3n) is 3.41. The molecule has 3 rings (SSSR count). The van der Waals surface area contributed by atoms with Crippen molar-refractivity contribution in [3.63, 3.8) is 0 Å². The van der Waals surface area contributed by atoms with Crippen LogP contribution in [0.5, 0.6) is 0 Å². The molecule has 1 saturated heterocycles. The van der Waals surface area contributed by atoms with Crippen molar-refractivity contribution in [3.8, 4) is 0 Å². The molecule has 2 aromatic rings. The van der Waals surface area contributed by atoms with Gasteiger partial charge in [0, 0.05) is 43.0 Å². The molecular weight excluding hydrogens is 340 g/mol. The summed E-state index contributed by atoms with van der Waals surface area (Å²) in [4.78, 5) is 13.0. The van der Waals surface area contributed by atoms with Gasteiger partial charge in [-0.25, -0.2) is 9.97 Å². The van der Waals surface area contributed by atoms with E-state index in [4.69, 9.17) is 11.6 Å². The maximum atomic E-state index is 5.92. The Balaban J connectivity index is 1.66.